The van der Waals surface area contributed by atoms with Crippen molar-refractivity contribution < 1.29 is 9.63 Å². The van der Waals surface area contributed by atoms with Crippen molar-refractivity contribution in [3.05, 3.63) is 60.3 Å². The average Bonchev–Trinajstić information content (AvgIpc) is 2.87. The van der Waals surface area contributed by atoms with E-state index in [1.807, 2.05) is 25.2 Å². The number of amides is 1. The molecule has 0 aliphatic carbocycles. The molecule has 1 N–H and O–H groups in total. The number of aromatic nitrogens is 2. The van der Waals surface area contributed by atoms with Crippen molar-refractivity contribution in [1.82, 2.24) is 15.3 Å². The van der Waals surface area contributed by atoms with Crippen LogP contribution < -0.4 is 5.48 Å². The Morgan fingerprint density at radius 3 is 2.95 bits per heavy atom. The lowest BCUT2D eigenvalue weighted by atomic mass is 10.2. The number of nitrogens with one attached hydrogen (secondary N) is 1. The second kappa shape index (κ2) is 7.66. The van der Waals surface area contributed by atoms with Crippen LogP contribution in [0.25, 0.3) is 0 Å². The molecule has 0 radical (unpaired) electrons. The molecule has 0 saturated carbocycles. The topological polar surface area (TPSA) is 56.1 Å². The van der Waals surface area contributed by atoms with E-state index in [4.69, 9.17) is 4.84 Å². The molecule has 6 heteroatoms. The molecule has 0 spiro atoms. The quantitative estimate of drug-likeness (QED) is 0.370. The van der Waals surface area contributed by atoms with E-state index < -0.39 is 0 Å². The SMILES string of the molecule is C=CCONC(=O)c1cnn(C)c1SCc1ccccc1. The third kappa shape index (κ3) is 4.21. The second-order valence-electron chi connectivity index (χ2n) is 4.29. The van der Waals surface area contributed by atoms with Crippen molar-refractivity contribution in [2.45, 2.75) is 10.8 Å². The van der Waals surface area contributed by atoms with E-state index in [1.165, 1.54) is 5.56 Å². The van der Waals surface area contributed by atoms with Gasteiger partial charge in [-0.25, -0.2) is 5.48 Å². The molecule has 0 saturated heterocycles. The van der Waals surface area contributed by atoms with Gasteiger partial charge in [0, 0.05) is 12.8 Å². The van der Waals surface area contributed by atoms with Gasteiger partial charge in [-0.3, -0.25) is 14.3 Å². The number of nitrogens with zero attached hydrogens (tertiary/aromatic N) is 2. The first-order valence-corrected chi connectivity index (χ1v) is 7.42. The standard InChI is InChI=1S/C15H17N3O2S/c1-3-9-20-17-14(19)13-10-16-18(2)15(13)21-11-12-7-5-4-6-8-12/h3-8,10H,1,9,11H2,2H3,(H,17,19). The summed E-state index contributed by atoms with van der Waals surface area (Å²) in [5, 5.41) is 4.94. The van der Waals surface area contributed by atoms with Crippen molar-refractivity contribution in [2.24, 2.45) is 7.05 Å². The number of aryl methyl sites for hydroxylation is 1. The fourth-order valence-corrected chi connectivity index (χ4v) is 2.73. The number of thioether (sulfide) groups is 1. The highest BCUT2D eigenvalue weighted by Gasteiger charge is 2.16. The molecule has 0 bridgehead atoms. The maximum atomic E-state index is 12.0. The van der Waals surface area contributed by atoms with Gasteiger partial charge in [0.05, 0.1) is 18.4 Å². The fraction of sp³-hybridized carbons (Fsp3) is 0.200. The summed E-state index contributed by atoms with van der Waals surface area (Å²) in [6.45, 7) is 3.78. The Morgan fingerprint density at radius 1 is 1.48 bits per heavy atom. The van der Waals surface area contributed by atoms with Gasteiger partial charge in [-0.1, -0.05) is 36.4 Å². The van der Waals surface area contributed by atoms with Crippen LogP contribution >= 0.6 is 11.8 Å². The van der Waals surface area contributed by atoms with Gasteiger partial charge in [0.15, 0.2) is 0 Å². The van der Waals surface area contributed by atoms with Crippen LogP contribution in [0.5, 0.6) is 0 Å². The fourth-order valence-electron chi connectivity index (χ4n) is 1.70. The Hall–Kier alpha value is -2.05. The molecule has 0 aliphatic rings. The zero-order chi connectivity index (χ0) is 15.1. The van der Waals surface area contributed by atoms with Gasteiger partial charge in [-0.15, -0.1) is 18.3 Å². The van der Waals surface area contributed by atoms with E-state index in [2.05, 4.69) is 29.3 Å². The number of rotatable bonds is 7. The van der Waals surface area contributed by atoms with Crippen LogP contribution in [0.15, 0.2) is 54.2 Å². The molecule has 1 heterocycles. The zero-order valence-corrected chi connectivity index (χ0v) is 12.6. The van der Waals surface area contributed by atoms with Crippen molar-refractivity contribution >= 4 is 17.7 Å². The van der Waals surface area contributed by atoms with E-state index in [1.54, 1.807) is 28.7 Å². The van der Waals surface area contributed by atoms with Gasteiger partial charge in [0.2, 0.25) is 0 Å². The zero-order valence-electron chi connectivity index (χ0n) is 11.8. The molecule has 2 aromatic rings. The number of hydrogen-bond acceptors (Lipinski definition) is 4. The van der Waals surface area contributed by atoms with Crippen LogP contribution in [-0.2, 0) is 17.6 Å². The first-order valence-electron chi connectivity index (χ1n) is 6.44. The summed E-state index contributed by atoms with van der Waals surface area (Å²) >= 11 is 1.56. The van der Waals surface area contributed by atoms with Crippen LogP contribution in [-0.4, -0.2) is 22.3 Å². The van der Waals surface area contributed by atoms with E-state index in [9.17, 15) is 4.79 Å². The molecule has 0 unspecified atom stereocenters. The predicted molar refractivity (Wildman–Crippen MR) is 82.8 cm³/mol. The van der Waals surface area contributed by atoms with Crippen molar-refractivity contribution in [3.63, 3.8) is 0 Å². The highest BCUT2D eigenvalue weighted by Crippen LogP contribution is 2.25. The Morgan fingerprint density at radius 2 is 2.24 bits per heavy atom. The first kappa shape index (κ1) is 15.3. The molecule has 1 aromatic heterocycles. The first-order chi connectivity index (χ1) is 10.2. The summed E-state index contributed by atoms with van der Waals surface area (Å²) in [5.74, 6) is 0.467. The monoisotopic (exact) mass is 303 g/mol. The van der Waals surface area contributed by atoms with Gasteiger partial charge in [0.1, 0.15) is 5.03 Å². The Balaban J connectivity index is 2.03. The molecule has 5 nitrogen and oxygen atoms in total. The highest BCUT2D eigenvalue weighted by molar-refractivity contribution is 7.98. The predicted octanol–water partition coefficient (Wildman–Crippen LogP) is 2.56. The van der Waals surface area contributed by atoms with Crippen LogP contribution in [0.3, 0.4) is 0 Å². The molecular weight excluding hydrogens is 286 g/mol. The minimum Gasteiger partial charge on any atom is -0.269 e. The lowest BCUT2D eigenvalue weighted by Crippen LogP contribution is -2.24. The maximum absolute atomic E-state index is 12.0. The Kier molecular flexibility index (Phi) is 5.59. The lowest BCUT2D eigenvalue weighted by molar-refractivity contribution is 0.0418. The second-order valence-corrected chi connectivity index (χ2v) is 5.26. The lowest BCUT2D eigenvalue weighted by Gasteiger charge is -2.07. The van der Waals surface area contributed by atoms with E-state index in [0.29, 0.717) is 5.56 Å². The van der Waals surface area contributed by atoms with Crippen LogP contribution in [0.2, 0.25) is 0 Å². The number of carbonyl (C=O) groups is 1. The van der Waals surface area contributed by atoms with Crippen LogP contribution in [0.1, 0.15) is 15.9 Å². The maximum Gasteiger partial charge on any atom is 0.279 e. The summed E-state index contributed by atoms with van der Waals surface area (Å²) in [5.41, 5.74) is 4.07. The van der Waals surface area contributed by atoms with Gasteiger partial charge in [0.25, 0.3) is 5.91 Å². The average molecular weight is 303 g/mol. The number of benzene rings is 1. The molecule has 21 heavy (non-hydrogen) atoms. The highest BCUT2D eigenvalue weighted by atomic mass is 32.2. The van der Waals surface area contributed by atoms with Crippen LogP contribution in [0.4, 0.5) is 0 Å². The van der Waals surface area contributed by atoms with Crippen molar-refractivity contribution in [1.29, 1.82) is 0 Å². The van der Waals surface area contributed by atoms with Crippen LogP contribution in [0, 0.1) is 0 Å². The molecular formula is C15H17N3O2S. The number of hydrogen-bond donors (Lipinski definition) is 1. The smallest absolute Gasteiger partial charge is 0.269 e. The van der Waals surface area contributed by atoms with E-state index in [-0.39, 0.29) is 12.5 Å². The molecule has 1 amide bonds. The molecule has 1 aromatic carbocycles. The van der Waals surface area contributed by atoms with E-state index in [0.717, 1.165) is 10.8 Å². The summed E-state index contributed by atoms with van der Waals surface area (Å²) in [6.07, 6.45) is 3.11. The van der Waals surface area contributed by atoms with Gasteiger partial charge in [-0.05, 0) is 5.56 Å². The molecule has 2 rings (SSSR count). The third-order valence-corrected chi connectivity index (χ3v) is 3.95. The summed E-state index contributed by atoms with van der Waals surface area (Å²) in [7, 11) is 1.81. The largest absolute Gasteiger partial charge is 0.279 e. The minimum absolute atomic E-state index is 0.262. The number of hydroxylamine groups is 1. The Labute approximate surface area is 127 Å². The molecule has 110 valence electrons. The van der Waals surface area contributed by atoms with Gasteiger partial charge >= 0.3 is 0 Å². The van der Waals surface area contributed by atoms with E-state index >= 15 is 0 Å². The molecule has 0 atom stereocenters. The summed E-state index contributed by atoms with van der Waals surface area (Å²) in [6, 6.07) is 10.1. The molecule has 0 fully saturated rings. The van der Waals surface area contributed by atoms with Gasteiger partial charge < -0.3 is 0 Å². The summed E-state index contributed by atoms with van der Waals surface area (Å²) < 4.78 is 1.69. The summed E-state index contributed by atoms with van der Waals surface area (Å²) in [4.78, 5) is 17.0. The number of carbonyl (C=O) groups excluding carboxylic acids is 1. The van der Waals surface area contributed by atoms with Crippen molar-refractivity contribution in [3.8, 4) is 0 Å². The van der Waals surface area contributed by atoms with Crippen molar-refractivity contribution in [2.75, 3.05) is 6.61 Å². The van der Waals surface area contributed by atoms with Gasteiger partial charge in [-0.2, -0.15) is 5.10 Å². The molecule has 0 aliphatic heterocycles. The third-order valence-electron chi connectivity index (χ3n) is 2.71. The Bertz CT molecular complexity index is 611. The minimum atomic E-state index is -0.305. The normalized spacial score (nSPS) is 10.3.